The fourth-order valence-corrected chi connectivity index (χ4v) is 0.783. The highest BCUT2D eigenvalue weighted by Gasteiger charge is 2.20. The first-order chi connectivity index (χ1) is 5.99. The quantitative estimate of drug-likeness (QED) is 0.605. The number of urea groups is 1. The van der Waals surface area contributed by atoms with Gasteiger partial charge in [-0.1, -0.05) is 6.08 Å². The van der Waals surface area contributed by atoms with E-state index in [4.69, 9.17) is 5.73 Å². The Morgan fingerprint density at radius 3 is 1.85 bits per heavy atom. The molecule has 0 saturated carbocycles. The lowest BCUT2D eigenvalue weighted by Crippen LogP contribution is -2.25. The fraction of sp³-hybridized carbons (Fsp3) is 0.667. The molecule has 4 heteroatoms. The molecule has 1 saturated heterocycles. The molecule has 0 aromatic heterocycles. The van der Waals surface area contributed by atoms with Crippen LogP contribution in [0.4, 0.5) is 4.79 Å². The number of rotatable bonds is 1. The van der Waals surface area contributed by atoms with E-state index in [1.807, 2.05) is 21.0 Å². The van der Waals surface area contributed by atoms with Gasteiger partial charge in [0, 0.05) is 33.2 Å². The van der Waals surface area contributed by atoms with Crippen LogP contribution in [0.15, 0.2) is 12.7 Å². The molecule has 1 rings (SSSR count). The van der Waals surface area contributed by atoms with Gasteiger partial charge in [-0.3, -0.25) is 0 Å². The number of nitrogens with zero attached hydrogens (tertiary/aromatic N) is 2. The molecule has 4 nitrogen and oxygen atoms in total. The molecule has 1 aliphatic heterocycles. The van der Waals surface area contributed by atoms with Crippen molar-refractivity contribution in [3.05, 3.63) is 12.7 Å². The average Bonchev–Trinajstić information content (AvgIpc) is 2.37. The van der Waals surface area contributed by atoms with Crippen molar-refractivity contribution in [1.82, 2.24) is 9.80 Å². The summed E-state index contributed by atoms with van der Waals surface area (Å²) in [5, 5.41) is 0. The highest BCUT2D eigenvalue weighted by Crippen LogP contribution is 2.00. The molecule has 0 bridgehead atoms. The summed E-state index contributed by atoms with van der Waals surface area (Å²) in [6.45, 7) is 7.06. The zero-order chi connectivity index (χ0) is 10.4. The first-order valence-electron chi connectivity index (χ1n) is 4.33. The summed E-state index contributed by atoms with van der Waals surface area (Å²) in [5.74, 6) is 0. The van der Waals surface area contributed by atoms with Gasteiger partial charge in [-0.15, -0.1) is 6.58 Å². The summed E-state index contributed by atoms with van der Waals surface area (Å²) in [4.78, 5) is 14.2. The Hall–Kier alpha value is -1.03. The van der Waals surface area contributed by atoms with Crippen LogP contribution in [0.2, 0.25) is 0 Å². The van der Waals surface area contributed by atoms with Gasteiger partial charge in [0.25, 0.3) is 0 Å². The fourth-order valence-electron chi connectivity index (χ4n) is 0.783. The minimum atomic E-state index is 0.130. The third-order valence-electron chi connectivity index (χ3n) is 1.80. The average molecular weight is 185 g/mol. The largest absolute Gasteiger partial charge is 0.326 e. The lowest BCUT2D eigenvalue weighted by Gasteiger charge is -2.07. The van der Waals surface area contributed by atoms with E-state index in [1.54, 1.807) is 15.9 Å². The van der Waals surface area contributed by atoms with Gasteiger partial charge in [0.2, 0.25) is 0 Å². The smallest absolute Gasteiger partial charge is 0.319 e. The van der Waals surface area contributed by atoms with Crippen LogP contribution in [-0.2, 0) is 0 Å². The molecule has 1 heterocycles. The topological polar surface area (TPSA) is 49.6 Å². The standard InChI is InChI=1S/C5H10N2O.C4H9N/c1-6-3-4-7(2)5(6)8;1-3-4(2)5/h3-4H2,1-2H3;3-4H,1,5H2,2H3. The van der Waals surface area contributed by atoms with E-state index in [0.717, 1.165) is 13.1 Å². The minimum Gasteiger partial charge on any atom is -0.326 e. The number of carbonyl (C=O) groups is 1. The van der Waals surface area contributed by atoms with Crippen LogP contribution in [0.3, 0.4) is 0 Å². The van der Waals surface area contributed by atoms with Gasteiger partial charge in [0.1, 0.15) is 0 Å². The van der Waals surface area contributed by atoms with Gasteiger partial charge in [0.05, 0.1) is 0 Å². The van der Waals surface area contributed by atoms with Gasteiger partial charge in [0.15, 0.2) is 0 Å². The number of hydrogen-bond acceptors (Lipinski definition) is 2. The van der Waals surface area contributed by atoms with Crippen molar-refractivity contribution in [2.75, 3.05) is 27.2 Å². The van der Waals surface area contributed by atoms with Gasteiger partial charge in [-0.05, 0) is 6.92 Å². The second kappa shape index (κ2) is 5.59. The number of nitrogens with two attached hydrogens (primary N) is 1. The van der Waals surface area contributed by atoms with Crippen LogP contribution in [-0.4, -0.2) is 49.1 Å². The molecule has 0 spiro atoms. The Morgan fingerprint density at radius 1 is 1.46 bits per heavy atom. The Labute approximate surface area is 80.0 Å². The molecular formula is C9H19N3O. The van der Waals surface area contributed by atoms with E-state index in [2.05, 4.69) is 6.58 Å². The number of carbonyl (C=O) groups excluding carboxylic acids is 1. The minimum absolute atomic E-state index is 0.130. The highest BCUT2D eigenvalue weighted by atomic mass is 16.2. The van der Waals surface area contributed by atoms with E-state index in [0.29, 0.717) is 0 Å². The molecule has 1 aliphatic rings. The molecule has 2 amide bonds. The summed E-state index contributed by atoms with van der Waals surface area (Å²) in [5.41, 5.74) is 5.17. The van der Waals surface area contributed by atoms with Crippen molar-refractivity contribution >= 4 is 6.03 Å². The second-order valence-electron chi connectivity index (χ2n) is 3.22. The van der Waals surface area contributed by atoms with Crippen LogP contribution in [0.25, 0.3) is 0 Å². The maximum absolute atomic E-state index is 10.8. The van der Waals surface area contributed by atoms with Crippen molar-refractivity contribution in [3.63, 3.8) is 0 Å². The van der Waals surface area contributed by atoms with Crippen molar-refractivity contribution < 1.29 is 4.79 Å². The summed E-state index contributed by atoms with van der Waals surface area (Å²) in [6.07, 6.45) is 1.69. The van der Waals surface area contributed by atoms with Crippen LogP contribution in [0.5, 0.6) is 0 Å². The molecule has 2 N–H and O–H groups in total. The number of likely N-dealkylation sites (N-methyl/N-ethyl adjacent to an activating group) is 2. The van der Waals surface area contributed by atoms with Gasteiger partial charge in [-0.2, -0.15) is 0 Å². The normalized spacial score (nSPS) is 18.0. The molecular weight excluding hydrogens is 166 g/mol. The molecule has 0 aromatic rings. The van der Waals surface area contributed by atoms with Crippen LogP contribution in [0, 0.1) is 0 Å². The van der Waals surface area contributed by atoms with E-state index in [1.165, 1.54) is 0 Å². The maximum Gasteiger partial charge on any atom is 0.319 e. The summed E-state index contributed by atoms with van der Waals surface area (Å²) in [6, 6.07) is 0.278. The predicted molar refractivity (Wildman–Crippen MR) is 54.5 cm³/mol. The Balaban J connectivity index is 0.000000252. The zero-order valence-electron chi connectivity index (χ0n) is 8.66. The molecule has 1 atom stereocenters. The van der Waals surface area contributed by atoms with Crippen LogP contribution in [0.1, 0.15) is 6.92 Å². The van der Waals surface area contributed by atoms with E-state index >= 15 is 0 Å². The molecule has 1 unspecified atom stereocenters. The first-order valence-corrected chi connectivity index (χ1v) is 4.33. The van der Waals surface area contributed by atoms with Crippen LogP contribution < -0.4 is 5.73 Å². The second-order valence-corrected chi connectivity index (χ2v) is 3.22. The van der Waals surface area contributed by atoms with Crippen LogP contribution >= 0.6 is 0 Å². The van der Waals surface area contributed by atoms with Gasteiger partial charge >= 0.3 is 6.03 Å². The van der Waals surface area contributed by atoms with Crippen molar-refractivity contribution in [1.29, 1.82) is 0 Å². The Bertz CT molecular complexity index is 168. The van der Waals surface area contributed by atoms with Crippen molar-refractivity contribution in [3.8, 4) is 0 Å². The zero-order valence-corrected chi connectivity index (χ0v) is 8.66. The number of amides is 2. The molecule has 13 heavy (non-hydrogen) atoms. The van der Waals surface area contributed by atoms with Crippen molar-refractivity contribution in [2.45, 2.75) is 13.0 Å². The molecule has 0 aliphatic carbocycles. The molecule has 1 fully saturated rings. The Morgan fingerprint density at radius 2 is 1.77 bits per heavy atom. The lowest BCUT2D eigenvalue weighted by molar-refractivity contribution is 0.205. The van der Waals surface area contributed by atoms with Gasteiger partial charge < -0.3 is 15.5 Å². The monoisotopic (exact) mass is 185 g/mol. The summed E-state index contributed by atoms with van der Waals surface area (Å²) >= 11 is 0. The summed E-state index contributed by atoms with van der Waals surface area (Å²) < 4.78 is 0. The Kier molecular flexibility index (Phi) is 5.14. The third kappa shape index (κ3) is 4.52. The van der Waals surface area contributed by atoms with E-state index in [-0.39, 0.29) is 12.1 Å². The van der Waals surface area contributed by atoms with E-state index < -0.39 is 0 Å². The maximum atomic E-state index is 10.8. The molecule has 0 radical (unpaired) electrons. The first kappa shape index (κ1) is 12.0. The predicted octanol–water partition coefficient (Wildman–Crippen LogP) is 0.503. The highest BCUT2D eigenvalue weighted by molar-refractivity contribution is 5.75. The number of hydrogen-bond donors (Lipinski definition) is 1. The van der Waals surface area contributed by atoms with E-state index in [9.17, 15) is 4.79 Å². The summed E-state index contributed by atoms with van der Waals surface area (Å²) in [7, 11) is 3.62. The third-order valence-corrected chi connectivity index (χ3v) is 1.80. The lowest BCUT2D eigenvalue weighted by atomic mass is 10.4. The molecule has 0 aromatic carbocycles. The SMILES string of the molecule is C=CC(C)N.CN1CCN(C)C1=O. The van der Waals surface area contributed by atoms with Crippen molar-refractivity contribution in [2.24, 2.45) is 5.73 Å². The molecule has 76 valence electrons. The van der Waals surface area contributed by atoms with Gasteiger partial charge in [-0.25, -0.2) is 4.79 Å².